The summed E-state index contributed by atoms with van der Waals surface area (Å²) in [5.74, 6) is 2.01. The molecule has 0 aliphatic carbocycles. The second-order valence-corrected chi connectivity index (χ2v) is 5.26. The van der Waals surface area contributed by atoms with Gasteiger partial charge < -0.3 is 13.9 Å². The highest BCUT2D eigenvalue weighted by Gasteiger charge is 2.44. The van der Waals surface area contributed by atoms with E-state index in [0.29, 0.717) is 6.04 Å². The fourth-order valence-electron chi connectivity index (χ4n) is 3.16. The fourth-order valence-corrected chi connectivity index (χ4v) is 3.16. The second kappa shape index (κ2) is 5.03. The highest BCUT2D eigenvalue weighted by atomic mass is 16.5. The van der Waals surface area contributed by atoms with Gasteiger partial charge in [-0.25, -0.2) is 0 Å². The third-order valence-electron chi connectivity index (χ3n) is 4.04. The summed E-state index contributed by atoms with van der Waals surface area (Å²) in [7, 11) is 1.78. The third kappa shape index (κ3) is 2.20. The number of nitrogens with zero attached hydrogens (tertiary/aromatic N) is 1. The van der Waals surface area contributed by atoms with Crippen molar-refractivity contribution in [3.05, 3.63) is 23.7 Å². The molecule has 2 fully saturated rings. The zero-order valence-corrected chi connectivity index (χ0v) is 11.1. The molecule has 1 aromatic rings. The highest BCUT2D eigenvalue weighted by Crippen LogP contribution is 2.31. The zero-order chi connectivity index (χ0) is 12.5. The molecule has 0 unspecified atom stereocenters. The van der Waals surface area contributed by atoms with Crippen molar-refractivity contribution in [2.24, 2.45) is 0 Å². The van der Waals surface area contributed by atoms with Gasteiger partial charge in [0, 0.05) is 26.3 Å². The molecule has 4 heteroatoms. The summed E-state index contributed by atoms with van der Waals surface area (Å²) >= 11 is 0. The van der Waals surface area contributed by atoms with E-state index in [2.05, 4.69) is 11.0 Å². The average Bonchev–Trinajstić information content (AvgIpc) is 2.95. The molecule has 0 aromatic carbocycles. The van der Waals surface area contributed by atoms with Crippen LogP contribution < -0.4 is 0 Å². The Labute approximate surface area is 108 Å². The molecule has 100 valence electrons. The first kappa shape index (κ1) is 12.2. The lowest BCUT2D eigenvalue weighted by molar-refractivity contribution is -0.0657. The van der Waals surface area contributed by atoms with E-state index in [9.17, 15) is 0 Å². The van der Waals surface area contributed by atoms with Crippen molar-refractivity contribution in [1.82, 2.24) is 4.90 Å². The van der Waals surface area contributed by atoms with Crippen LogP contribution in [0.1, 0.15) is 24.4 Å². The van der Waals surface area contributed by atoms with Gasteiger partial charge in [-0.15, -0.1) is 0 Å². The maximum absolute atomic E-state index is 5.88. The minimum Gasteiger partial charge on any atom is -0.465 e. The molecule has 0 spiro atoms. The summed E-state index contributed by atoms with van der Waals surface area (Å²) in [5, 5.41) is 0. The Kier molecular flexibility index (Phi) is 3.41. The van der Waals surface area contributed by atoms with Gasteiger partial charge >= 0.3 is 0 Å². The van der Waals surface area contributed by atoms with Crippen LogP contribution in [-0.4, -0.2) is 43.4 Å². The van der Waals surface area contributed by atoms with E-state index in [0.717, 1.165) is 37.6 Å². The van der Waals surface area contributed by atoms with Gasteiger partial charge in [-0.2, -0.15) is 0 Å². The lowest BCUT2D eigenvalue weighted by atomic mass is 10.0. The minimum atomic E-state index is 0.200. The first-order valence-electron chi connectivity index (χ1n) is 6.71. The quantitative estimate of drug-likeness (QED) is 0.822. The Morgan fingerprint density at radius 2 is 2.33 bits per heavy atom. The number of hydrogen-bond acceptors (Lipinski definition) is 4. The molecule has 2 saturated heterocycles. The van der Waals surface area contributed by atoms with E-state index in [1.165, 1.54) is 6.42 Å². The summed E-state index contributed by atoms with van der Waals surface area (Å²) in [4.78, 5) is 2.44. The van der Waals surface area contributed by atoms with Crippen molar-refractivity contribution in [1.29, 1.82) is 0 Å². The monoisotopic (exact) mass is 251 g/mol. The maximum atomic E-state index is 5.88. The molecular weight excluding hydrogens is 230 g/mol. The van der Waals surface area contributed by atoms with Crippen molar-refractivity contribution >= 4 is 0 Å². The predicted molar refractivity (Wildman–Crippen MR) is 67.4 cm³/mol. The van der Waals surface area contributed by atoms with Crippen LogP contribution >= 0.6 is 0 Å². The van der Waals surface area contributed by atoms with Crippen LogP contribution in [0.2, 0.25) is 0 Å². The Balaban J connectivity index is 1.72. The number of methoxy groups -OCH3 is 1. The van der Waals surface area contributed by atoms with E-state index in [-0.39, 0.29) is 12.2 Å². The molecule has 0 radical (unpaired) electrons. The average molecular weight is 251 g/mol. The Hall–Kier alpha value is -0.840. The van der Waals surface area contributed by atoms with E-state index >= 15 is 0 Å². The number of rotatable bonds is 3. The second-order valence-electron chi connectivity index (χ2n) is 5.26. The SMILES string of the molecule is CO[C@H]1CN(Cc2ccc(C)o2)[C@@H]2CCCO[C@H]12. The van der Waals surface area contributed by atoms with Gasteiger partial charge in [-0.3, -0.25) is 4.90 Å². The molecule has 0 saturated carbocycles. The topological polar surface area (TPSA) is 34.8 Å². The summed E-state index contributed by atoms with van der Waals surface area (Å²) in [6, 6.07) is 4.57. The summed E-state index contributed by atoms with van der Waals surface area (Å²) < 4.78 is 17.1. The zero-order valence-electron chi connectivity index (χ0n) is 11.1. The van der Waals surface area contributed by atoms with Crippen molar-refractivity contribution in [2.75, 3.05) is 20.3 Å². The lowest BCUT2D eigenvalue weighted by Crippen LogP contribution is -2.41. The first-order valence-corrected chi connectivity index (χ1v) is 6.71. The molecule has 0 bridgehead atoms. The van der Waals surface area contributed by atoms with Crippen molar-refractivity contribution in [3.63, 3.8) is 0 Å². The van der Waals surface area contributed by atoms with Gasteiger partial charge in [-0.1, -0.05) is 0 Å². The third-order valence-corrected chi connectivity index (χ3v) is 4.04. The molecule has 2 aliphatic heterocycles. The number of fused-ring (bicyclic) bond motifs is 1. The van der Waals surface area contributed by atoms with Gasteiger partial charge in [0.1, 0.15) is 17.6 Å². The standard InChI is InChI=1S/C14H21NO3/c1-10-5-6-11(18-10)8-15-9-13(16-2)14-12(15)4-3-7-17-14/h5-6,12-14H,3-4,7-9H2,1-2H3/t12-,13+,14+/m1/s1. The lowest BCUT2D eigenvalue weighted by Gasteiger charge is -2.31. The van der Waals surface area contributed by atoms with E-state index in [1.54, 1.807) is 7.11 Å². The number of hydrogen-bond donors (Lipinski definition) is 0. The molecule has 3 heterocycles. The summed E-state index contributed by atoms with van der Waals surface area (Å²) in [5.41, 5.74) is 0. The maximum Gasteiger partial charge on any atom is 0.118 e. The van der Waals surface area contributed by atoms with Crippen molar-refractivity contribution in [2.45, 2.75) is 44.6 Å². The largest absolute Gasteiger partial charge is 0.465 e. The van der Waals surface area contributed by atoms with Crippen LogP contribution in [0.5, 0.6) is 0 Å². The molecule has 3 rings (SSSR count). The van der Waals surface area contributed by atoms with E-state index in [4.69, 9.17) is 13.9 Å². The molecule has 3 atom stereocenters. The molecular formula is C14H21NO3. The molecule has 4 nitrogen and oxygen atoms in total. The van der Waals surface area contributed by atoms with Gasteiger partial charge in [0.05, 0.1) is 12.6 Å². The Bertz CT molecular complexity index is 403. The van der Waals surface area contributed by atoms with Crippen LogP contribution in [0, 0.1) is 6.92 Å². The normalized spacial score (nSPS) is 32.7. The Morgan fingerprint density at radius 3 is 3.06 bits per heavy atom. The van der Waals surface area contributed by atoms with Crippen molar-refractivity contribution < 1.29 is 13.9 Å². The summed E-state index contributed by atoms with van der Waals surface area (Å²) in [6.45, 7) is 4.65. The minimum absolute atomic E-state index is 0.200. The number of aryl methyl sites for hydroxylation is 1. The molecule has 18 heavy (non-hydrogen) atoms. The van der Waals surface area contributed by atoms with Crippen LogP contribution in [0.3, 0.4) is 0 Å². The van der Waals surface area contributed by atoms with Crippen LogP contribution in [0.15, 0.2) is 16.5 Å². The van der Waals surface area contributed by atoms with E-state index < -0.39 is 0 Å². The highest BCUT2D eigenvalue weighted by molar-refractivity contribution is 5.07. The van der Waals surface area contributed by atoms with Crippen LogP contribution in [0.4, 0.5) is 0 Å². The fraction of sp³-hybridized carbons (Fsp3) is 0.714. The number of ether oxygens (including phenoxy) is 2. The molecule has 2 aliphatic rings. The molecule has 0 N–H and O–H groups in total. The van der Waals surface area contributed by atoms with Crippen LogP contribution in [-0.2, 0) is 16.0 Å². The van der Waals surface area contributed by atoms with Gasteiger partial charge in [0.2, 0.25) is 0 Å². The number of likely N-dealkylation sites (tertiary alicyclic amines) is 1. The Morgan fingerprint density at radius 1 is 1.44 bits per heavy atom. The van der Waals surface area contributed by atoms with Gasteiger partial charge in [-0.05, 0) is 31.9 Å². The van der Waals surface area contributed by atoms with E-state index in [1.807, 2.05) is 13.0 Å². The van der Waals surface area contributed by atoms with Gasteiger partial charge in [0.25, 0.3) is 0 Å². The molecule has 1 aromatic heterocycles. The van der Waals surface area contributed by atoms with Crippen LogP contribution in [0.25, 0.3) is 0 Å². The number of furan rings is 1. The van der Waals surface area contributed by atoms with Gasteiger partial charge in [0.15, 0.2) is 0 Å². The summed E-state index contributed by atoms with van der Waals surface area (Å²) in [6.07, 6.45) is 2.78. The molecule has 0 amide bonds. The van der Waals surface area contributed by atoms with Crippen molar-refractivity contribution in [3.8, 4) is 0 Å². The predicted octanol–water partition coefficient (Wildman–Crippen LogP) is 1.97. The smallest absolute Gasteiger partial charge is 0.118 e. The first-order chi connectivity index (χ1) is 8.78.